The van der Waals surface area contributed by atoms with Crippen LogP contribution in [0.2, 0.25) is 0 Å². The van der Waals surface area contributed by atoms with E-state index in [0.29, 0.717) is 6.54 Å². The van der Waals surface area contributed by atoms with Gasteiger partial charge < -0.3 is 5.11 Å². The summed E-state index contributed by atoms with van der Waals surface area (Å²) >= 11 is 0. The smallest absolute Gasteiger partial charge is 0.131 e. The van der Waals surface area contributed by atoms with Crippen LogP contribution in [0, 0.1) is 25.5 Å². The van der Waals surface area contributed by atoms with Gasteiger partial charge in [-0.1, -0.05) is 6.07 Å². The quantitative estimate of drug-likeness (QED) is 0.933. The van der Waals surface area contributed by atoms with Crippen LogP contribution < -0.4 is 0 Å². The second-order valence-electron chi connectivity index (χ2n) is 6.54. The highest BCUT2D eigenvalue weighted by Crippen LogP contribution is 2.36. The standard InChI is InChI=1S/C18H23F2N3O/c1-11-18(12(2)22(3)21-11)16-5-4-8-23(16)10-17(24)14-7-6-13(19)9-15(14)20/h6-7,9,16-17,24H,4-5,8,10H2,1-3H3. The predicted molar refractivity (Wildman–Crippen MR) is 87.5 cm³/mol. The molecule has 1 saturated heterocycles. The lowest BCUT2D eigenvalue weighted by Gasteiger charge is -2.27. The van der Waals surface area contributed by atoms with Crippen molar-refractivity contribution in [3.8, 4) is 0 Å². The molecule has 2 atom stereocenters. The van der Waals surface area contributed by atoms with E-state index < -0.39 is 17.7 Å². The number of aliphatic hydroxyl groups excluding tert-OH is 1. The van der Waals surface area contributed by atoms with Gasteiger partial charge >= 0.3 is 0 Å². The molecule has 1 aliphatic rings. The highest BCUT2D eigenvalue weighted by Gasteiger charge is 2.32. The Labute approximate surface area is 140 Å². The van der Waals surface area contributed by atoms with E-state index in [1.165, 1.54) is 17.7 Å². The van der Waals surface area contributed by atoms with Crippen molar-refractivity contribution < 1.29 is 13.9 Å². The zero-order valence-electron chi connectivity index (χ0n) is 14.3. The molecule has 3 rings (SSSR count). The first kappa shape index (κ1) is 17.0. The highest BCUT2D eigenvalue weighted by atomic mass is 19.1. The number of aliphatic hydroxyl groups is 1. The third-order valence-corrected chi connectivity index (χ3v) is 4.99. The Morgan fingerprint density at radius 3 is 2.71 bits per heavy atom. The van der Waals surface area contributed by atoms with E-state index in [9.17, 15) is 13.9 Å². The van der Waals surface area contributed by atoms with Crippen molar-refractivity contribution in [3.05, 3.63) is 52.3 Å². The van der Waals surface area contributed by atoms with Crippen LogP contribution in [0.15, 0.2) is 18.2 Å². The molecule has 24 heavy (non-hydrogen) atoms. The Balaban J connectivity index is 1.81. The number of benzene rings is 1. The highest BCUT2D eigenvalue weighted by molar-refractivity contribution is 5.29. The Hall–Kier alpha value is -1.79. The number of β-amino-alcohol motifs (C(OH)–C–C–N with tert-alkyl or cyclic N) is 1. The Morgan fingerprint density at radius 2 is 2.08 bits per heavy atom. The fraction of sp³-hybridized carbons (Fsp3) is 0.500. The normalized spacial score (nSPS) is 19.8. The maximum atomic E-state index is 13.9. The molecule has 0 spiro atoms. The molecule has 0 radical (unpaired) electrons. The summed E-state index contributed by atoms with van der Waals surface area (Å²) in [5.74, 6) is -1.34. The molecule has 2 unspecified atom stereocenters. The maximum absolute atomic E-state index is 13.9. The minimum Gasteiger partial charge on any atom is -0.387 e. The number of rotatable bonds is 4. The summed E-state index contributed by atoms with van der Waals surface area (Å²) in [7, 11) is 1.92. The molecule has 2 aromatic rings. The van der Waals surface area contributed by atoms with E-state index in [1.807, 2.05) is 25.6 Å². The summed E-state index contributed by atoms with van der Waals surface area (Å²) in [5, 5.41) is 14.9. The Bertz CT molecular complexity index is 744. The molecule has 0 saturated carbocycles. The average molecular weight is 335 g/mol. The van der Waals surface area contributed by atoms with Crippen molar-refractivity contribution in [2.75, 3.05) is 13.1 Å². The van der Waals surface area contributed by atoms with Crippen LogP contribution in [0.3, 0.4) is 0 Å². The summed E-state index contributed by atoms with van der Waals surface area (Å²) in [6.07, 6.45) is 1.03. The topological polar surface area (TPSA) is 41.3 Å². The van der Waals surface area contributed by atoms with Gasteiger partial charge in [-0.25, -0.2) is 8.78 Å². The molecule has 130 valence electrons. The van der Waals surface area contributed by atoms with Gasteiger partial charge in [0.1, 0.15) is 11.6 Å². The first-order chi connectivity index (χ1) is 11.4. The monoisotopic (exact) mass is 335 g/mol. The third-order valence-electron chi connectivity index (χ3n) is 4.99. The lowest BCUT2D eigenvalue weighted by atomic mass is 10.0. The van der Waals surface area contributed by atoms with E-state index >= 15 is 0 Å². The average Bonchev–Trinajstić information content (AvgIpc) is 3.04. The molecule has 6 heteroatoms. The largest absolute Gasteiger partial charge is 0.387 e. The third kappa shape index (κ3) is 3.08. The fourth-order valence-electron chi connectivity index (χ4n) is 3.74. The molecule has 0 aliphatic carbocycles. The molecule has 0 bridgehead atoms. The predicted octanol–water partition coefficient (Wildman–Crippen LogP) is 3.19. The van der Waals surface area contributed by atoms with Crippen LogP contribution in [0.5, 0.6) is 0 Å². The second-order valence-corrected chi connectivity index (χ2v) is 6.54. The van der Waals surface area contributed by atoms with Crippen molar-refractivity contribution in [2.45, 2.75) is 38.8 Å². The van der Waals surface area contributed by atoms with Crippen molar-refractivity contribution in [1.29, 1.82) is 0 Å². The second kappa shape index (κ2) is 6.61. The van der Waals surface area contributed by atoms with Crippen molar-refractivity contribution in [1.82, 2.24) is 14.7 Å². The van der Waals surface area contributed by atoms with Gasteiger partial charge in [-0.05, 0) is 39.3 Å². The van der Waals surface area contributed by atoms with Gasteiger partial charge in [-0.2, -0.15) is 5.10 Å². The summed E-state index contributed by atoms with van der Waals surface area (Å²) in [6.45, 7) is 5.20. The van der Waals surface area contributed by atoms with Crippen LogP contribution in [-0.4, -0.2) is 32.9 Å². The van der Waals surface area contributed by atoms with E-state index in [0.717, 1.165) is 36.8 Å². The SMILES string of the molecule is Cc1nn(C)c(C)c1C1CCCN1CC(O)c1ccc(F)cc1F. The molecule has 2 heterocycles. The number of hydrogen-bond acceptors (Lipinski definition) is 3. The number of nitrogens with zero attached hydrogens (tertiary/aromatic N) is 3. The van der Waals surface area contributed by atoms with Crippen molar-refractivity contribution in [3.63, 3.8) is 0 Å². The maximum Gasteiger partial charge on any atom is 0.131 e. The fourth-order valence-corrected chi connectivity index (χ4v) is 3.74. The molecule has 1 aliphatic heterocycles. The van der Waals surface area contributed by atoms with Crippen LogP contribution in [0.4, 0.5) is 8.78 Å². The van der Waals surface area contributed by atoms with Gasteiger partial charge in [-0.15, -0.1) is 0 Å². The van der Waals surface area contributed by atoms with Gasteiger partial charge in [0, 0.05) is 42.5 Å². The molecule has 1 fully saturated rings. The Morgan fingerprint density at radius 1 is 1.33 bits per heavy atom. The zero-order chi connectivity index (χ0) is 17.4. The number of aromatic nitrogens is 2. The van der Waals surface area contributed by atoms with Gasteiger partial charge in [0.15, 0.2) is 0 Å². The van der Waals surface area contributed by atoms with Crippen LogP contribution in [0.25, 0.3) is 0 Å². The summed E-state index contributed by atoms with van der Waals surface area (Å²) in [4.78, 5) is 2.17. The first-order valence-electron chi connectivity index (χ1n) is 8.25. The summed E-state index contributed by atoms with van der Waals surface area (Å²) in [5.41, 5.74) is 3.45. The lowest BCUT2D eigenvalue weighted by molar-refractivity contribution is 0.103. The molecular weight excluding hydrogens is 312 g/mol. The molecule has 4 nitrogen and oxygen atoms in total. The molecular formula is C18H23F2N3O. The molecule has 0 amide bonds. The minimum absolute atomic E-state index is 0.140. The van der Waals surface area contributed by atoms with Crippen LogP contribution >= 0.6 is 0 Å². The van der Waals surface area contributed by atoms with Gasteiger partial charge in [-0.3, -0.25) is 9.58 Å². The number of hydrogen-bond donors (Lipinski definition) is 1. The Kier molecular flexibility index (Phi) is 4.69. The zero-order valence-corrected chi connectivity index (χ0v) is 14.3. The summed E-state index contributed by atoms with van der Waals surface area (Å²) < 4.78 is 28.8. The minimum atomic E-state index is -0.983. The first-order valence-corrected chi connectivity index (χ1v) is 8.25. The van der Waals surface area contributed by atoms with Crippen molar-refractivity contribution >= 4 is 0 Å². The lowest BCUT2D eigenvalue weighted by Crippen LogP contribution is -2.29. The van der Waals surface area contributed by atoms with E-state index in [2.05, 4.69) is 10.00 Å². The molecule has 1 aromatic carbocycles. The van der Waals surface area contributed by atoms with Crippen LogP contribution in [0.1, 0.15) is 47.5 Å². The number of halogens is 2. The van der Waals surface area contributed by atoms with Gasteiger partial charge in [0.05, 0.1) is 11.8 Å². The number of likely N-dealkylation sites (tertiary alicyclic amines) is 1. The van der Waals surface area contributed by atoms with Gasteiger partial charge in [0.25, 0.3) is 0 Å². The van der Waals surface area contributed by atoms with Gasteiger partial charge in [0.2, 0.25) is 0 Å². The van der Waals surface area contributed by atoms with E-state index in [1.54, 1.807) is 0 Å². The molecule has 1 N–H and O–H groups in total. The van der Waals surface area contributed by atoms with Crippen LogP contribution in [-0.2, 0) is 7.05 Å². The van der Waals surface area contributed by atoms with Crippen molar-refractivity contribution in [2.24, 2.45) is 7.05 Å². The van der Waals surface area contributed by atoms with E-state index in [-0.39, 0.29) is 11.6 Å². The van der Waals surface area contributed by atoms with E-state index in [4.69, 9.17) is 0 Å². The number of aryl methyl sites for hydroxylation is 2. The summed E-state index contributed by atoms with van der Waals surface area (Å²) in [6, 6.07) is 3.49. The molecule has 1 aromatic heterocycles.